The number of fused-ring (bicyclic) bond motifs is 1. The Morgan fingerprint density at radius 1 is 1.36 bits per heavy atom. The lowest BCUT2D eigenvalue weighted by Gasteiger charge is -2.35. The molecule has 0 radical (unpaired) electrons. The van der Waals surface area contributed by atoms with Gasteiger partial charge in [0, 0.05) is 12.1 Å². The molecule has 0 spiro atoms. The largest absolute Gasteiger partial charge is 0.398 e. The minimum Gasteiger partial charge on any atom is -0.398 e. The van der Waals surface area contributed by atoms with Gasteiger partial charge in [-0.15, -0.1) is 0 Å². The van der Waals surface area contributed by atoms with Crippen molar-refractivity contribution < 1.29 is 4.79 Å². The molecule has 1 aliphatic carbocycles. The quantitative estimate of drug-likeness (QED) is 0.647. The minimum absolute atomic E-state index is 0.00426. The summed E-state index contributed by atoms with van der Waals surface area (Å²) in [5, 5.41) is 0.381. The predicted molar refractivity (Wildman–Crippen MR) is 86.8 cm³/mol. The third-order valence-electron chi connectivity index (χ3n) is 4.57. The molecule has 3 rings (SSSR count). The molecule has 1 aliphatic rings. The number of aryl methyl sites for hydroxylation is 1. The van der Waals surface area contributed by atoms with Crippen LogP contribution in [0.15, 0.2) is 35.1 Å². The lowest BCUT2D eigenvalue weighted by Crippen LogP contribution is -2.48. The van der Waals surface area contributed by atoms with Gasteiger partial charge in [-0.1, -0.05) is 18.2 Å². The summed E-state index contributed by atoms with van der Waals surface area (Å²) in [7, 11) is 0. The maximum absolute atomic E-state index is 13.0. The lowest BCUT2D eigenvalue weighted by molar-refractivity contribution is -0.128. The van der Waals surface area contributed by atoms with Gasteiger partial charge in [0.2, 0.25) is 0 Å². The molecule has 1 fully saturated rings. The average molecular weight is 297 g/mol. The summed E-state index contributed by atoms with van der Waals surface area (Å²) in [5.41, 5.74) is 6.70. The molecule has 2 N–H and O–H groups in total. The van der Waals surface area contributed by atoms with Crippen molar-refractivity contribution in [2.45, 2.75) is 38.6 Å². The van der Waals surface area contributed by atoms with E-state index in [1.165, 1.54) is 4.57 Å². The predicted octanol–water partition coefficient (Wildman–Crippen LogP) is 2.31. The molecule has 2 aromatic rings. The van der Waals surface area contributed by atoms with Crippen LogP contribution >= 0.6 is 0 Å². The van der Waals surface area contributed by atoms with Crippen molar-refractivity contribution in [3.05, 3.63) is 46.5 Å². The molecule has 0 saturated heterocycles. The van der Waals surface area contributed by atoms with E-state index in [0.717, 1.165) is 12.0 Å². The number of rotatable bonds is 1. The number of hydrogen-bond donors (Lipinski definition) is 1. The summed E-state index contributed by atoms with van der Waals surface area (Å²) >= 11 is 0. The Kier molecular flexibility index (Phi) is 3.16. The first-order chi connectivity index (χ1) is 10.3. The van der Waals surface area contributed by atoms with Crippen molar-refractivity contribution in [1.29, 1.82) is 0 Å². The molecule has 1 saturated carbocycles. The number of carbonyl (C=O) groups excluding carboxylic acids is 1. The number of benzene rings is 1. The van der Waals surface area contributed by atoms with Crippen molar-refractivity contribution in [3.63, 3.8) is 0 Å². The highest BCUT2D eigenvalue weighted by atomic mass is 16.1. The van der Waals surface area contributed by atoms with E-state index in [9.17, 15) is 9.59 Å². The van der Waals surface area contributed by atoms with E-state index in [0.29, 0.717) is 35.3 Å². The summed E-state index contributed by atoms with van der Waals surface area (Å²) in [6.07, 6.45) is 1.60. The van der Waals surface area contributed by atoms with Gasteiger partial charge in [0.25, 0.3) is 5.56 Å². The van der Waals surface area contributed by atoms with Gasteiger partial charge in [0.1, 0.15) is 11.4 Å². The van der Waals surface area contributed by atoms with Crippen LogP contribution in [-0.2, 0) is 10.3 Å². The first-order valence-corrected chi connectivity index (χ1v) is 7.33. The molecule has 114 valence electrons. The van der Waals surface area contributed by atoms with E-state index in [4.69, 9.17) is 5.73 Å². The second kappa shape index (κ2) is 4.80. The summed E-state index contributed by atoms with van der Waals surface area (Å²) in [6, 6.07) is 5.21. The molecular weight excluding hydrogens is 278 g/mol. The first-order valence-electron chi connectivity index (χ1n) is 7.33. The number of ketones is 1. The fraction of sp³-hybridized carbons (Fsp3) is 0.353. The number of nitrogens with zero attached hydrogens (tertiary/aromatic N) is 2. The molecule has 5 heteroatoms. The Hall–Kier alpha value is -2.43. The van der Waals surface area contributed by atoms with E-state index in [1.54, 1.807) is 25.1 Å². The number of anilines is 1. The molecule has 1 aromatic heterocycles. The Labute approximate surface area is 128 Å². The summed E-state index contributed by atoms with van der Waals surface area (Å²) < 4.78 is 1.51. The van der Waals surface area contributed by atoms with E-state index < -0.39 is 5.54 Å². The maximum Gasteiger partial charge on any atom is 0.264 e. The van der Waals surface area contributed by atoms with Crippen LogP contribution in [0.3, 0.4) is 0 Å². The number of hydrogen-bond acceptors (Lipinski definition) is 4. The number of nitrogen functional groups attached to an aromatic ring is 1. The summed E-state index contributed by atoms with van der Waals surface area (Å²) in [6.45, 7) is 7.45. The van der Waals surface area contributed by atoms with Crippen LogP contribution < -0.4 is 11.3 Å². The van der Waals surface area contributed by atoms with Gasteiger partial charge < -0.3 is 5.73 Å². The molecule has 1 heterocycles. The first kappa shape index (κ1) is 14.5. The van der Waals surface area contributed by atoms with Crippen LogP contribution in [0.2, 0.25) is 0 Å². The highest BCUT2D eigenvalue weighted by Gasteiger charge is 2.40. The third kappa shape index (κ3) is 1.96. The van der Waals surface area contributed by atoms with Crippen molar-refractivity contribution in [3.8, 4) is 0 Å². The van der Waals surface area contributed by atoms with Crippen LogP contribution in [0.5, 0.6) is 0 Å². The SMILES string of the molecule is C=C1CC[C@](C)(n2c(C)nc3cccc(N)c3c2=O)C(=O)C1. The Morgan fingerprint density at radius 2 is 2.09 bits per heavy atom. The Bertz CT molecular complexity index is 866. The minimum atomic E-state index is -0.883. The normalized spacial score (nSPS) is 22.3. The zero-order valence-corrected chi connectivity index (χ0v) is 12.8. The molecule has 0 unspecified atom stereocenters. The molecule has 1 aromatic carbocycles. The molecule has 0 amide bonds. The highest BCUT2D eigenvalue weighted by Crippen LogP contribution is 2.34. The fourth-order valence-electron chi connectivity index (χ4n) is 3.25. The molecular formula is C17H19N3O2. The lowest BCUT2D eigenvalue weighted by atomic mass is 9.79. The van der Waals surface area contributed by atoms with Crippen LogP contribution in [0.1, 0.15) is 32.0 Å². The maximum atomic E-state index is 13.0. The van der Waals surface area contributed by atoms with Crippen molar-refractivity contribution in [1.82, 2.24) is 9.55 Å². The third-order valence-corrected chi connectivity index (χ3v) is 4.57. The van der Waals surface area contributed by atoms with Crippen molar-refractivity contribution in [2.24, 2.45) is 0 Å². The summed E-state index contributed by atoms with van der Waals surface area (Å²) in [4.78, 5) is 30.0. The van der Waals surface area contributed by atoms with Crippen LogP contribution in [0.25, 0.3) is 10.9 Å². The molecule has 0 aliphatic heterocycles. The van der Waals surface area contributed by atoms with Crippen molar-refractivity contribution >= 4 is 22.4 Å². The Morgan fingerprint density at radius 3 is 2.77 bits per heavy atom. The topological polar surface area (TPSA) is 78.0 Å². The van der Waals surface area contributed by atoms with Gasteiger partial charge in [0.15, 0.2) is 5.78 Å². The Balaban J connectivity index is 2.32. The van der Waals surface area contributed by atoms with Gasteiger partial charge >= 0.3 is 0 Å². The zero-order valence-electron chi connectivity index (χ0n) is 12.8. The number of allylic oxidation sites excluding steroid dienone is 1. The number of aromatic nitrogens is 2. The van der Waals surface area contributed by atoms with Gasteiger partial charge in [-0.05, 0) is 38.8 Å². The average Bonchev–Trinajstić information content (AvgIpc) is 2.43. The zero-order chi connectivity index (χ0) is 16.1. The van der Waals surface area contributed by atoms with Crippen molar-refractivity contribution in [2.75, 3.05) is 5.73 Å². The summed E-state index contributed by atoms with van der Waals surface area (Å²) in [5.74, 6) is 0.538. The van der Waals surface area contributed by atoms with E-state index in [1.807, 2.05) is 6.92 Å². The number of Topliss-reactive ketones (excluding diaryl/α,β-unsaturated/α-hetero) is 1. The fourth-order valence-corrected chi connectivity index (χ4v) is 3.25. The molecule has 0 bridgehead atoms. The van der Waals surface area contributed by atoms with E-state index in [2.05, 4.69) is 11.6 Å². The van der Waals surface area contributed by atoms with Gasteiger partial charge in [-0.3, -0.25) is 14.2 Å². The van der Waals surface area contributed by atoms with Gasteiger partial charge in [-0.25, -0.2) is 4.98 Å². The van der Waals surface area contributed by atoms with Crippen LogP contribution in [-0.4, -0.2) is 15.3 Å². The number of carbonyl (C=O) groups is 1. The van der Waals surface area contributed by atoms with Crippen LogP contribution in [0, 0.1) is 6.92 Å². The highest BCUT2D eigenvalue weighted by molar-refractivity contribution is 5.92. The van der Waals surface area contributed by atoms with Gasteiger partial charge in [-0.2, -0.15) is 0 Å². The standard InChI is InChI=1S/C17H19N3O2/c1-10-7-8-17(3,14(21)9-10)20-11(2)19-13-6-4-5-12(18)15(13)16(20)22/h4-6H,1,7-9,18H2,2-3H3/t17-/m0/s1. The van der Waals surface area contributed by atoms with Gasteiger partial charge in [0.05, 0.1) is 10.9 Å². The number of nitrogens with two attached hydrogens (primary N) is 1. The second-order valence-corrected chi connectivity index (χ2v) is 6.16. The molecule has 5 nitrogen and oxygen atoms in total. The molecule has 1 atom stereocenters. The smallest absolute Gasteiger partial charge is 0.264 e. The second-order valence-electron chi connectivity index (χ2n) is 6.16. The monoisotopic (exact) mass is 297 g/mol. The molecule has 22 heavy (non-hydrogen) atoms. The van der Waals surface area contributed by atoms with E-state index in [-0.39, 0.29) is 11.3 Å². The van der Waals surface area contributed by atoms with E-state index >= 15 is 0 Å². The van der Waals surface area contributed by atoms with Crippen LogP contribution in [0.4, 0.5) is 5.69 Å².